The molecule has 2 aromatic rings. The van der Waals surface area contributed by atoms with E-state index < -0.39 is 0 Å². The van der Waals surface area contributed by atoms with Crippen molar-refractivity contribution in [1.29, 1.82) is 0 Å². The van der Waals surface area contributed by atoms with E-state index in [1.807, 2.05) is 6.07 Å². The SMILES string of the molecule is CN=C(NCc1ccc(CN2CC(C)OC(C)C2)cc1)NCc1cccc(F)c1. The van der Waals surface area contributed by atoms with Crippen LogP contribution < -0.4 is 10.6 Å². The van der Waals surface area contributed by atoms with Gasteiger partial charge in [-0.3, -0.25) is 9.89 Å². The third-order valence-corrected chi connectivity index (χ3v) is 4.96. The molecule has 1 fully saturated rings. The molecule has 0 bridgehead atoms. The van der Waals surface area contributed by atoms with Gasteiger partial charge in [-0.1, -0.05) is 36.4 Å². The molecule has 0 radical (unpaired) electrons. The summed E-state index contributed by atoms with van der Waals surface area (Å²) in [5.74, 6) is 0.461. The topological polar surface area (TPSA) is 48.9 Å². The molecule has 1 saturated heterocycles. The highest BCUT2D eigenvalue weighted by Gasteiger charge is 2.21. The van der Waals surface area contributed by atoms with Crippen molar-refractivity contribution in [2.75, 3.05) is 20.1 Å². The van der Waals surface area contributed by atoms with Crippen molar-refractivity contribution < 1.29 is 9.13 Å². The monoisotopic (exact) mass is 398 g/mol. The summed E-state index contributed by atoms with van der Waals surface area (Å²) in [4.78, 5) is 6.68. The molecule has 156 valence electrons. The number of halogens is 1. The Hall–Kier alpha value is -2.44. The summed E-state index contributed by atoms with van der Waals surface area (Å²) in [6.45, 7) is 8.35. The highest BCUT2D eigenvalue weighted by Crippen LogP contribution is 2.14. The number of nitrogens with one attached hydrogen (secondary N) is 2. The van der Waals surface area contributed by atoms with E-state index >= 15 is 0 Å². The van der Waals surface area contributed by atoms with E-state index in [2.05, 4.69) is 58.6 Å². The second-order valence-corrected chi connectivity index (χ2v) is 7.68. The van der Waals surface area contributed by atoms with Crippen molar-refractivity contribution in [3.8, 4) is 0 Å². The summed E-state index contributed by atoms with van der Waals surface area (Å²) in [5, 5.41) is 6.51. The predicted octanol–water partition coefficient (Wildman–Crippen LogP) is 3.30. The van der Waals surface area contributed by atoms with Crippen LogP contribution in [0, 0.1) is 5.82 Å². The number of guanidine groups is 1. The zero-order valence-corrected chi connectivity index (χ0v) is 17.5. The molecule has 0 spiro atoms. The predicted molar refractivity (Wildman–Crippen MR) is 115 cm³/mol. The summed E-state index contributed by atoms with van der Waals surface area (Å²) >= 11 is 0. The lowest BCUT2D eigenvalue weighted by atomic mass is 10.1. The number of rotatable bonds is 6. The van der Waals surface area contributed by atoms with Gasteiger partial charge in [-0.15, -0.1) is 0 Å². The van der Waals surface area contributed by atoms with Crippen molar-refractivity contribution in [3.05, 3.63) is 71.0 Å². The lowest BCUT2D eigenvalue weighted by molar-refractivity contribution is -0.0704. The molecule has 29 heavy (non-hydrogen) atoms. The molecule has 2 N–H and O–H groups in total. The van der Waals surface area contributed by atoms with Crippen LogP contribution in [0.15, 0.2) is 53.5 Å². The van der Waals surface area contributed by atoms with Crippen LogP contribution in [0.5, 0.6) is 0 Å². The number of hydrogen-bond acceptors (Lipinski definition) is 3. The van der Waals surface area contributed by atoms with Crippen LogP contribution in [-0.2, 0) is 24.4 Å². The van der Waals surface area contributed by atoms with Gasteiger partial charge in [-0.05, 0) is 42.7 Å². The molecule has 1 aliphatic heterocycles. The fourth-order valence-electron chi connectivity index (χ4n) is 3.67. The van der Waals surface area contributed by atoms with Crippen LogP contribution in [-0.4, -0.2) is 43.2 Å². The maximum absolute atomic E-state index is 13.3. The third-order valence-electron chi connectivity index (χ3n) is 4.96. The Morgan fingerprint density at radius 2 is 1.62 bits per heavy atom. The smallest absolute Gasteiger partial charge is 0.191 e. The molecule has 1 heterocycles. The lowest BCUT2D eigenvalue weighted by Crippen LogP contribution is -2.44. The van der Waals surface area contributed by atoms with Gasteiger partial charge in [0.05, 0.1) is 12.2 Å². The van der Waals surface area contributed by atoms with Crippen LogP contribution in [0.1, 0.15) is 30.5 Å². The molecular weight excluding hydrogens is 367 g/mol. The van der Waals surface area contributed by atoms with Gasteiger partial charge in [0.2, 0.25) is 0 Å². The van der Waals surface area contributed by atoms with Crippen LogP contribution in [0.25, 0.3) is 0 Å². The molecule has 3 rings (SSSR count). The number of ether oxygens (including phenoxy) is 1. The average molecular weight is 399 g/mol. The van der Waals surface area contributed by atoms with Gasteiger partial charge in [-0.25, -0.2) is 4.39 Å². The largest absolute Gasteiger partial charge is 0.373 e. The van der Waals surface area contributed by atoms with Gasteiger partial charge in [0.15, 0.2) is 5.96 Å². The van der Waals surface area contributed by atoms with E-state index in [0.717, 1.165) is 25.2 Å². The van der Waals surface area contributed by atoms with Gasteiger partial charge in [0.1, 0.15) is 5.82 Å². The highest BCUT2D eigenvalue weighted by atomic mass is 19.1. The molecule has 2 aromatic carbocycles. The van der Waals surface area contributed by atoms with E-state index in [1.165, 1.54) is 23.3 Å². The first kappa shape index (κ1) is 21.3. The molecule has 5 nitrogen and oxygen atoms in total. The van der Waals surface area contributed by atoms with Gasteiger partial charge < -0.3 is 15.4 Å². The van der Waals surface area contributed by atoms with Crippen LogP contribution in [0.2, 0.25) is 0 Å². The van der Waals surface area contributed by atoms with Gasteiger partial charge >= 0.3 is 0 Å². The molecular formula is C23H31FN4O. The first-order chi connectivity index (χ1) is 14.0. The van der Waals surface area contributed by atoms with E-state index in [0.29, 0.717) is 19.0 Å². The number of nitrogens with zero attached hydrogens (tertiary/aromatic N) is 2. The number of aliphatic imine (C=N–C) groups is 1. The fourth-order valence-corrected chi connectivity index (χ4v) is 3.67. The van der Waals surface area contributed by atoms with Crippen molar-refractivity contribution in [1.82, 2.24) is 15.5 Å². The summed E-state index contributed by atoms with van der Waals surface area (Å²) in [6.07, 6.45) is 0.572. The lowest BCUT2D eigenvalue weighted by Gasteiger charge is -2.35. The summed E-state index contributed by atoms with van der Waals surface area (Å²) < 4.78 is 19.1. The van der Waals surface area contributed by atoms with Crippen LogP contribution in [0.3, 0.4) is 0 Å². The van der Waals surface area contributed by atoms with Gasteiger partial charge in [0, 0.05) is 39.8 Å². The Labute approximate surface area is 173 Å². The number of hydrogen-bond donors (Lipinski definition) is 2. The van der Waals surface area contributed by atoms with Gasteiger partial charge in [0.25, 0.3) is 0 Å². The molecule has 2 atom stereocenters. The minimum Gasteiger partial charge on any atom is -0.373 e. The van der Waals surface area contributed by atoms with E-state index in [1.54, 1.807) is 13.1 Å². The minimum absolute atomic E-state index is 0.228. The Morgan fingerprint density at radius 1 is 1.00 bits per heavy atom. The average Bonchev–Trinajstić information content (AvgIpc) is 2.68. The van der Waals surface area contributed by atoms with E-state index in [9.17, 15) is 4.39 Å². The Morgan fingerprint density at radius 3 is 2.24 bits per heavy atom. The fraction of sp³-hybridized carbons (Fsp3) is 0.435. The minimum atomic E-state index is -0.228. The first-order valence-electron chi connectivity index (χ1n) is 10.2. The van der Waals surface area contributed by atoms with Crippen molar-refractivity contribution in [3.63, 3.8) is 0 Å². The number of morpholine rings is 1. The molecule has 0 amide bonds. The highest BCUT2D eigenvalue weighted by molar-refractivity contribution is 5.79. The van der Waals surface area contributed by atoms with Crippen molar-refractivity contribution in [2.24, 2.45) is 4.99 Å². The first-order valence-corrected chi connectivity index (χ1v) is 10.2. The maximum atomic E-state index is 13.3. The van der Waals surface area contributed by atoms with Gasteiger partial charge in [-0.2, -0.15) is 0 Å². The van der Waals surface area contributed by atoms with Crippen LogP contribution >= 0.6 is 0 Å². The normalized spacial score (nSPS) is 20.5. The maximum Gasteiger partial charge on any atom is 0.191 e. The Bertz CT molecular complexity index is 799. The molecule has 0 saturated carbocycles. The summed E-state index contributed by atoms with van der Waals surface area (Å²) in [5.41, 5.74) is 3.37. The second-order valence-electron chi connectivity index (χ2n) is 7.68. The molecule has 0 aromatic heterocycles. The zero-order valence-electron chi connectivity index (χ0n) is 17.5. The Balaban J connectivity index is 1.46. The Kier molecular flexibility index (Phi) is 7.61. The summed E-state index contributed by atoms with van der Waals surface area (Å²) in [6, 6.07) is 15.2. The molecule has 6 heteroatoms. The van der Waals surface area contributed by atoms with E-state index in [-0.39, 0.29) is 18.0 Å². The van der Waals surface area contributed by atoms with E-state index in [4.69, 9.17) is 4.74 Å². The molecule has 2 unspecified atom stereocenters. The van der Waals surface area contributed by atoms with Crippen LogP contribution in [0.4, 0.5) is 4.39 Å². The molecule has 1 aliphatic rings. The third kappa shape index (κ3) is 6.84. The zero-order chi connectivity index (χ0) is 20.6. The molecule has 0 aliphatic carbocycles. The standard InChI is InChI=1S/C23H31FN4O/c1-17-14-28(15-18(2)29-17)16-20-9-7-19(8-10-20)12-26-23(25-3)27-13-21-5-4-6-22(24)11-21/h4-11,17-18H,12-16H2,1-3H3,(H2,25,26,27). The number of benzene rings is 2. The van der Waals surface area contributed by atoms with Crippen molar-refractivity contribution in [2.45, 2.75) is 45.7 Å². The van der Waals surface area contributed by atoms with Crippen molar-refractivity contribution >= 4 is 5.96 Å². The second kappa shape index (κ2) is 10.4. The summed E-state index contributed by atoms with van der Waals surface area (Å²) in [7, 11) is 1.73. The quantitative estimate of drug-likeness (QED) is 0.579.